The van der Waals surface area contributed by atoms with Crippen LogP contribution in [0.15, 0.2) is 40.8 Å². The number of rotatable bonds is 6. The molecule has 7 nitrogen and oxygen atoms in total. The average molecular weight is 340 g/mol. The fraction of sp³-hybridized carbons (Fsp3) is 0.333. The molecular weight excluding hydrogens is 320 g/mol. The Morgan fingerprint density at radius 2 is 1.74 bits per heavy atom. The van der Waals surface area contributed by atoms with Crippen LogP contribution in [0.4, 0.5) is 5.69 Å². The number of hydrogen-bond acceptors (Lipinski definition) is 5. The molecule has 0 bridgehead atoms. The van der Waals surface area contributed by atoms with Gasteiger partial charge in [-0.25, -0.2) is 17.5 Å². The Morgan fingerprint density at radius 3 is 2.22 bits per heavy atom. The van der Waals surface area contributed by atoms with Crippen LogP contribution in [0.1, 0.15) is 13.8 Å². The van der Waals surface area contributed by atoms with E-state index in [4.69, 9.17) is 4.74 Å². The number of esters is 1. The Morgan fingerprint density at radius 1 is 1.17 bits per heavy atom. The van der Waals surface area contributed by atoms with Crippen molar-refractivity contribution in [2.75, 3.05) is 26.0 Å². The predicted molar refractivity (Wildman–Crippen MR) is 86.3 cm³/mol. The zero-order valence-corrected chi connectivity index (χ0v) is 14.3. The van der Waals surface area contributed by atoms with Crippen molar-refractivity contribution in [3.05, 3.63) is 35.9 Å². The van der Waals surface area contributed by atoms with Crippen LogP contribution in [-0.2, 0) is 24.3 Å². The van der Waals surface area contributed by atoms with Gasteiger partial charge in [0, 0.05) is 25.9 Å². The van der Waals surface area contributed by atoms with E-state index in [1.165, 1.54) is 44.4 Å². The monoisotopic (exact) mass is 340 g/mol. The second-order valence-corrected chi connectivity index (χ2v) is 7.34. The number of hydrogen-bond donors (Lipinski definition) is 1. The number of anilines is 1. The number of carbonyl (C=O) groups excluding carboxylic acids is 2. The van der Waals surface area contributed by atoms with E-state index in [1.807, 2.05) is 0 Å². The Bertz CT molecular complexity index is 702. The van der Waals surface area contributed by atoms with E-state index in [0.29, 0.717) is 5.69 Å². The highest BCUT2D eigenvalue weighted by Crippen LogP contribution is 2.16. The fourth-order valence-electron chi connectivity index (χ4n) is 1.53. The predicted octanol–water partition coefficient (Wildman–Crippen LogP) is 1.38. The molecule has 1 aromatic rings. The van der Waals surface area contributed by atoms with Crippen LogP contribution in [0.3, 0.4) is 0 Å². The minimum Gasteiger partial charge on any atom is -0.452 e. The van der Waals surface area contributed by atoms with Crippen molar-refractivity contribution in [2.45, 2.75) is 18.7 Å². The number of carbonyl (C=O) groups is 2. The number of ether oxygens (including phenoxy) is 1. The first kappa shape index (κ1) is 18.9. The SMILES string of the molecule is CC(C)=CC(=O)OCC(=O)Nc1ccc(S(=O)(=O)N(C)C)cc1. The van der Waals surface area contributed by atoms with Gasteiger partial charge in [-0.05, 0) is 38.1 Å². The minimum atomic E-state index is -3.51. The lowest BCUT2D eigenvalue weighted by Gasteiger charge is -2.12. The maximum Gasteiger partial charge on any atom is 0.331 e. The molecule has 0 aliphatic carbocycles. The van der Waals surface area contributed by atoms with Crippen molar-refractivity contribution >= 4 is 27.6 Å². The fourth-order valence-corrected chi connectivity index (χ4v) is 2.43. The quantitative estimate of drug-likeness (QED) is 0.624. The molecule has 0 heterocycles. The normalized spacial score (nSPS) is 11.0. The van der Waals surface area contributed by atoms with Gasteiger partial charge in [0.2, 0.25) is 10.0 Å². The molecule has 1 rings (SSSR count). The van der Waals surface area contributed by atoms with Gasteiger partial charge >= 0.3 is 5.97 Å². The lowest BCUT2D eigenvalue weighted by atomic mass is 10.3. The molecular formula is C15H20N2O5S. The van der Waals surface area contributed by atoms with Crippen molar-refractivity contribution in [3.8, 4) is 0 Å². The Labute approximate surface area is 136 Å². The standard InChI is InChI=1S/C15H20N2O5S/c1-11(2)9-15(19)22-10-14(18)16-12-5-7-13(8-6-12)23(20,21)17(3)4/h5-9H,10H2,1-4H3,(H,16,18). The molecule has 0 aromatic heterocycles. The summed E-state index contributed by atoms with van der Waals surface area (Å²) in [5.74, 6) is -1.10. The van der Waals surface area contributed by atoms with Gasteiger partial charge in [0.1, 0.15) is 0 Å². The molecule has 0 unspecified atom stereocenters. The van der Waals surface area contributed by atoms with Gasteiger partial charge in [0.15, 0.2) is 6.61 Å². The van der Waals surface area contributed by atoms with Crippen LogP contribution < -0.4 is 5.32 Å². The van der Waals surface area contributed by atoms with Crippen LogP contribution in [0.2, 0.25) is 0 Å². The molecule has 0 atom stereocenters. The number of nitrogens with one attached hydrogen (secondary N) is 1. The number of nitrogens with zero attached hydrogens (tertiary/aromatic N) is 1. The van der Waals surface area contributed by atoms with Crippen molar-refractivity contribution < 1.29 is 22.7 Å². The molecule has 1 N–H and O–H groups in total. The Balaban J connectivity index is 2.64. The summed E-state index contributed by atoms with van der Waals surface area (Å²) >= 11 is 0. The third kappa shape index (κ3) is 5.84. The van der Waals surface area contributed by atoms with Crippen LogP contribution in [-0.4, -0.2) is 45.3 Å². The molecule has 0 saturated heterocycles. The summed E-state index contributed by atoms with van der Waals surface area (Å²) in [5, 5.41) is 2.51. The zero-order valence-electron chi connectivity index (χ0n) is 13.5. The highest BCUT2D eigenvalue weighted by molar-refractivity contribution is 7.89. The summed E-state index contributed by atoms with van der Waals surface area (Å²) in [6.07, 6.45) is 1.29. The molecule has 1 aromatic carbocycles. The maximum absolute atomic E-state index is 11.9. The second kappa shape index (κ2) is 7.89. The van der Waals surface area contributed by atoms with Crippen molar-refractivity contribution in [1.82, 2.24) is 4.31 Å². The summed E-state index contributed by atoms with van der Waals surface area (Å²) in [4.78, 5) is 23.1. The highest BCUT2D eigenvalue weighted by atomic mass is 32.2. The number of benzene rings is 1. The zero-order chi connectivity index (χ0) is 17.6. The molecule has 23 heavy (non-hydrogen) atoms. The van der Waals surface area contributed by atoms with Crippen LogP contribution in [0.5, 0.6) is 0 Å². The lowest BCUT2D eigenvalue weighted by Crippen LogP contribution is -2.22. The summed E-state index contributed by atoms with van der Waals surface area (Å²) in [7, 11) is -0.638. The van der Waals surface area contributed by atoms with E-state index >= 15 is 0 Å². The van der Waals surface area contributed by atoms with Crippen molar-refractivity contribution in [3.63, 3.8) is 0 Å². The van der Waals surface area contributed by atoms with Gasteiger partial charge in [-0.1, -0.05) is 5.57 Å². The van der Waals surface area contributed by atoms with Gasteiger partial charge < -0.3 is 10.1 Å². The average Bonchev–Trinajstić information content (AvgIpc) is 2.45. The topological polar surface area (TPSA) is 92.8 Å². The van der Waals surface area contributed by atoms with E-state index in [2.05, 4.69) is 5.32 Å². The van der Waals surface area contributed by atoms with E-state index in [-0.39, 0.29) is 4.90 Å². The summed E-state index contributed by atoms with van der Waals surface area (Å²) in [6.45, 7) is 3.07. The van der Waals surface area contributed by atoms with Gasteiger partial charge in [0.25, 0.3) is 5.91 Å². The smallest absolute Gasteiger partial charge is 0.331 e. The first-order valence-electron chi connectivity index (χ1n) is 6.77. The van der Waals surface area contributed by atoms with E-state index in [1.54, 1.807) is 13.8 Å². The summed E-state index contributed by atoms with van der Waals surface area (Å²) in [6, 6.07) is 5.71. The van der Waals surface area contributed by atoms with E-state index in [9.17, 15) is 18.0 Å². The van der Waals surface area contributed by atoms with Gasteiger partial charge in [0.05, 0.1) is 4.90 Å². The molecule has 8 heteroatoms. The second-order valence-electron chi connectivity index (χ2n) is 5.19. The molecule has 1 amide bonds. The number of sulfonamides is 1. The van der Waals surface area contributed by atoms with E-state index in [0.717, 1.165) is 9.88 Å². The Kier molecular flexibility index (Phi) is 6.47. The van der Waals surface area contributed by atoms with Crippen molar-refractivity contribution in [2.24, 2.45) is 0 Å². The van der Waals surface area contributed by atoms with Crippen LogP contribution in [0, 0.1) is 0 Å². The number of amides is 1. The lowest BCUT2D eigenvalue weighted by molar-refractivity contribution is -0.142. The van der Waals surface area contributed by atoms with Gasteiger partial charge in [-0.15, -0.1) is 0 Å². The molecule has 0 spiro atoms. The third-order valence-electron chi connectivity index (χ3n) is 2.67. The maximum atomic E-state index is 11.9. The molecule has 0 radical (unpaired) electrons. The molecule has 126 valence electrons. The first-order valence-corrected chi connectivity index (χ1v) is 8.21. The summed E-state index contributed by atoms with van der Waals surface area (Å²) in [5.41, 5.74) is 1.18. The summed E-state index contributed by atoms with van der Waals surface area (Å²) < 4.78 is 29.7. The molecule has 0 saturated carbocycles. The van der Waals surface area contributed by atoms with Crippen LogP contribution in [0.25, 0.3) is 0 Å². The van der Waals surface area contributed by atoms with Crippen molar-refractivity contribution in [1.29, 1.82) is 0 Å². The molecule has 0 fully saturated rings. The first-order chi connectivity index (χ1) is 10.6. The molecule has 0 aliphatic heterocycles. The van der Waals surface area contributed by atoms with Crippen LogP contribution >= 0.6 is 0 Å². The molecule has 0 aliphatic rings. The number of allylic oxidation sites excluding steroid dienone is 1. The minimum absolute atomic E-state index is 0.121. The van der Waals surface area contributed by atoms with Gasteiger partial charge in [-0.2, -0.15) is 0 Å². The van der Waals surface area contributed by atoms with Gasteiger partial charge in [-0.3, -0.25) is 4.79 Å². The Hall–Kier alpha value is -2.19. The highest BCUT2D eigenvalue weighted by Gasteiger charge is 2.16. The van der Waals surface area contributed by atoms with E-state index < -0.39 is 28.5 Å². The third-order valence-corrected chi connectivity index (χ3v) is 4.50. The largest absolute Gasteiger partial charge is 0.452 e.